The fourth-order valence-electron chi connectivity index (χ4n) is 2.64. The maximum absolute atomic E-state index is 5.65. The van der Waals surface area contributed by atoms with Crippen LogP contribution in [0.15, 0.2) is 47.0 Å². The molecule has 0 spiro atoms. The van der Waals surface area contributed by atoms with Crippen LogP contribution in [0, 0.1) is 6.92 Å². The van der Waals surface area contributed by atoms with Crippen LogP contribution in [0.3, 0.4) is 0 Å². The van der Waals surface area contributed by atoms with Gasteiger partial charge in [0.25, 0.3) is 0 Å². The lowest BCUT2D eigenvalue weighted by atomic mass is 9.89. The highest BCUT2D eigenvalue weighted by molar-refractivity contribution is 5.61. The van der Waals surface area contributed by atoms with Crippen LogP contribution >= 0.6 is 0 Å². The molecule has 120 valence electrons. The molecule has 0 fully saturated rings. The number of furan rings is 1. The molecule has 0 saturated carbocycles. The minimum atomic E-state index is 0.0397. The fourth-order valence-corrected chi connectivity index (χ4v) is 2.64. The monoisotopic (exact) mass is 309 g/mol. The van der Waals surface area contributed by atoms with E-state index in [9.17, 15) is 0 Å². The average Bonchev–Trinajstić information content (AvgIpc) is 3.14. The van der Waals surface area contributed by atoms with E-state index in [0.717, 1.165) is 35.0 Å². The van der Waals surface area contributed by atoms with Crippen molar-refractivity contribution in [1.82, 2.24) is 10.2 Å². The van der Waals surface area contributed by atoms with Gasteiger partial charge in [-0.05, 0) is 43.3 Å². The van der Waals surface area contributed by atoms with Crippen molar-refractivity contribution in [2.75, 3.05) is 5.32 Å². The number of hydrogen-bond donors (Lipinski definition) is 2. The van der Waals surface area contributed by atoms with Crippen molar-refractivity contribution >= 4 is 5.69 Å². The van der Waals surface area contributed by atoms with E-state index in [4.69, 9.17) is 4.42 Å². The summed E-state index contributed by atoms with van der Waals surface area (Å²) in [5, 5.41) is 10.8. The molecule has 0 saturated heterocycles. The van der Waals surface area contributed by atoms with Crippen LogP contribution in [0.2, 0.25) is 0 Å². The standard InChI is InChI=1S/C19H23N3O/c1-13-5-10-17(23-13)14-6-8-16(9-7-14)20-11-15-12-21-22-18(15)19(2,3)4/h5-10,12,20H,11H2,1-4H3,(H,21,22). The summed E-state index contributed by atoms with van der Waals surface area (Å²) in [5.41, 5.74) is 4.51. The number of aromatic nitrogens is 2. The van der Waals surface area contributed by atoms with Crippen LogP contribution in [0.25, 0.3) is 11.3 Å². The molecule has 4 nitrogen and oxygen atoms in total. The number of benzene rings is 1. The third-order valence-electron chi connectivity index (χ3n) is 3.82. The lowest BCUT2D eigenvalue weighted by Crippen LogP contribution is -2.15. The molecule has 0 aliphatic heterocycles. The first-order valence-electron chi connectivity index (χ1n) is 7.87. The Morgan fingerprint density at radius 2 is 1.83 bits per heavy atom. The lowest BCUT2D eigenvalue weighted by molar-refractivity contribution is 0.548. The molecule has 0 radical (unpaired) electrons. The Morgan fingerprint density at radius 3 is 2.43 bits per heavy atom. The maximum atomic E-state index is 5.65. The van der Waals surface area contributed by atoms with Crippen molar-refractivity contribution in [3.63, 3.8) is 0 Å². The number of rotatable bonds is 4. The molecular formula is C19H23N3O. The Bertz CT molecular complexity index is 776. The van der Waals surface area contributed by atoms with Gasteiger partial charge in [-0.15, -0.1) is 0 Å². The van der Waals surface area contributed by atoms with Gasteiger partial charge >= 0.3 is 0 Å². The van der Waals surface area contributed by atoms with Crippen LogP contribution in [-0.2, 0) is 12.0 Å². The molecular weight excluding hydrogens is 286 g/mol. The number of anilines is 1. The first-order valence-corrected chi connectivity index (χ1v) is 7.87. The van der Waals surface area contributed by atoms with Crippen LogP contribution in [0.1, 0.15) is 37.8 Å². The highest BCUT2D eigenvalue weighted by Gasteiger charge is 2.20. The van der Waals surface area contributed by atoms with Gasteiger partial charge < -0.3 is 9.73 Å². The van der Waals surface area contributed by atoms with E-state index < -0.39 is 0 Å². The van der Waals surface area contributed by atoms with E-state index in [1.807, 2.05) is 25.3 Å². The number of hydrogen-bond acceptors (Lipinski definition) is 3. The predicted octanol–water partition coefficient (Wildman–Crippen LogP) is 4.89. The van der Waals surface area contributed by atoms with Crippen molar-refractivity contribution in [1.29, 1.82) is 0 Å². The number of aryl methyl sites for hydroxylation is 1. The second kappa shape index (κ2) is 5.95. The largest absolute Gasteiger partial charge is 0.461 e. The van der Waals surface area contributed by atoms with Crippen LogP contribution in [-0.4, -0.2) is 10.2 Å². The van der Waals surface area contributed by atoms with Crippen molar-refractivity contribution in [3.8, 4) is 11.3 Å². The number of aromatic amines is 1. The average molecular weight is 309 g/mol. The Labute approximate surface area is 136 Å². The van der Waals surface area contributed by atoms with Gasteiger partial charge in [0.2, 0.25) is 0 Å². The smallest absolute Gasteiger partial charge is 0.134 e. The van der Waals surface area contributed by atoms with Crippen LogP contribution < -0.4 is 5.32 Å². The maximum Gasteiger partial charge on any atom is 0.134 e. The highest BCUT2D eigenvalue weighted by Crippen LogP contribution is 2.26. The van der Waals surface area contributed by atoms with Gasteiger partial charge in [-0.1, -0.05) is 20.8 Å². The molecule has 2 aromatic heterocycles. The molecule has 0 aliphatic carbocycles. The van der Waals surface area contributed by atoms with Crippen molar-refractivity contribution < 1.29 is 4.42 Å². The fraction of sp³-hybridized carbons (Fsp3) is 0.316. The molecule has 2 N–H and O–H groups in total. The molecule has 4 heteroatoms. The second-order valence-electron chi connectivity index (χ2n) is 6.85. The van der Waals surface area contributed by atoms with E-state index in [1.54, 1.807) is 0 Å². The highest BCUT2D eigenvalue weighted by atomic mass is 16.3. The van der Waals surface area contributed by atoms with Crippen molar-refractivity contribution in [3.05, 3.63) is 59.6 Å². The molecule has 0 amide bonds. The molecule has 0 bridgehead atoms. The van der Waals surface area contributed by atoms with Gasteiger partial charge in [0, 0.05) is 35.0 Å². The van der Waals surface area contributed by atoms with Crippen molar-refractivity contribution in [2.24, 2.45) is 0 Å². The quantitative estimate of drug-likeness (QED) is 0.721. The Morgan fingerprint density at radius 1 is 1.09 bits per heavy atom. The van der Waals surface area contributed by atoms with Gasteiger partial charge in [-0.25, -0.2) is 0 Å². The summed E-state index contributed by atoms with van der Waals surface area (Å²) in [6.07, 6.45) is 1.97. The normalized spacial score (nSPS) is 11.7. The van der Waals surface area contributed by atoms with E-state index in [-0.39, 0.29) is 5.41 Å². The topological polar surface area (TPSA) is 53.9 Å². The number of H-pyrrole nitrogens is 1. The Kier molecular flexibility index (Phi) is 3.99. The minimum Gasteiger partial charge on any atom is -0.461 e. The molecule has 3 aromatic rings. The van der Waals surface area contributed by atoms with Gasteiger partial charge in [0.05, 0.1) is 5.69 Å². The summed E-state index contributed by atoms with van der Waals surface area (Å²) < 4.78 is 5.65. The summed E-state index contributed by atoms with van der Waals surface area (Å²) in [4.78, 5) is 0. The van der Waals surface area contributed by atoms with Gasteiger partial charge in [-0.2, -0.15) is 5.10 Å². The zero-order valence-corrected chi connectivity index (χ0v) is 14.1. The number of nitrogens with zero attached hydrogens (tertiary/aromatic N) is 1. The zero-order chi connectivity index (χ0) is 16.4. The second-order valence-corrected chi connectivity index (χ2v) is 6.85. The Hall–Kier alpha value is -2.49. The summed E-state index contributed by atoms with van der Waals surface area (Å²) in [7, 11) is 0. The number of nitrogens with one attached hydrogen (secondary N) is 2. The summed E-state index contributed by atoms with van der Waals surface area (Å²) in [6.45, 7) is 9.23. The van der Waals surface area contributed by atoms with Crippen molar-refractivity contribution in [2.45, 2.75) is 39.7 Å². The summed E-state index contributed by atoms with van der Waals surface area (Å²) in [6, 6.07) is 12.3. The third kappa shape index (κ3) is 3.47. The first-order chi connectivity index (χ1) is 10.9. The van der Waals surface area contributed by atoms with E-state index in [2.05, 4.69) is 60.6 Å². The minimum absolute atomic E-state index is 0.0397. The molecule has 1 aromatic carbocycles. The molecule has 2 heterocycles. The van der Waals surface area contributed by atoms with Crippen LogP contribution in [0.5, 0.6) is 0 Å². The molecule has 23 heavy (non-hydrogen) atoms. The Balaban J connectivity index is 1.69. The summed E-state index contributed by atoms with van der Waals surface area (Å²) in [5.74, 6) is 1.83. The molecule has 0 unspecified atom stereocenters. The molecule has 3 rings (SSSR count). The SMILES string of the molecule is Cc1ccc(-c2ccc(NCc3c[nH]nc3C(C)(C)C)cc2)o1. The molecule has 0 aliphatic rings. The lowest BCUT2D eigenvalue weighted by Gasteiger charge is -2.17. The molecule has 0 atom stereocenters. The van der Waals surface area contributed by atoms with Gasteiger partial charge in [0.15, 0.2) is 0 Å². The van der Waals surface area contributed by atoms with Gasteiger partial charge in [0.1, 0.15) is 11.5 Å². The zero-order valence-electron chi connectivity index (χ0n) is 14.1. The van der Waals surface area contributed by atoms with Crippen LogP contribution in [0.4, 0.5) is 5.69 Å². The van der Waals surface area contributed by atoms with E-state index in [1.165, 1.54) is 5.56 Å². The third-order valence-corrected chi connectivity index (χ3v) is 3.82. The predicted molar refractivity (Wildman–Crippen MR) is 93.5 cm³/mol. The van der Waals surface area contributed by atoms with Gasteiger partial charge in [-0.3, -0.25) is 5.10 Å². The summed E-state index contributed by atoms with van der Waals surface area (Å²) >= 11 is 0. The van der Waals surface area contributed by atoms with E-state index in [0.29, 0.717) is 0 Å². The first kappa shape index (κ1) is 15.4. The van der Waals surface area contributed by atoms with E-state index >= 15 is 0 Å².